The summed E-state index contributed by atoms with van der Waals surface area (Å²) in [7, 11) is 1.86. The van der Waals surface area contributed by atoms with Gasteiger partial charge in [0.05, 0.1) is 29.5 Å². The smallest absolute Gasteiger partial charge is 0.335 e. The Labute approximate surface area is 108 Å². The van der Waals surface area contributed by atoms with Gasteiger partial charge >= 0.3 is 5.97 Å². The maximum atomic E-state index is 11.0. The molecule has 2 heterocycles. The molecular formula is C12H11N5O2. The van der Waals surface area contributed by atoms with Crippen molar-refractivity contribution in [3.63, 3.8) is 0 Å². The Morgan fingerprint density at radius 3 is 2.89 bits per heavy atom. The molecule has 0 aliphatic heterocycles. The summed E-state index contributed by atoms with van der Waals surface area (Å²) in [6.45, 7) is 0.496. The molecule has 3 aromatic rings. The molecule has 0 aliphatic carbocycles. The van der Waals surface area contributed by atoms with E-state index < -0.39 is 5.97 Å². The predicted molar refractivity (Wildman–Crippen MR) is 66.8 cm³/mol. The summed E-state index contributed by atoms with van der Waals surface area (Å²) >= 11 is 0. The quantitative estimate of drug-likeness (QED) is 0.753. The minimum absolute atomic E-state index is 0.243. The van der Waals surface area contributed by atoms with Gasteiger partial charge in [0.2, 0.25) is 0 Å². The van der Waals surface area contributed by atoms with Gasteiger partial charge in [-0.05, 0) is 18.2 Å². The Kier molecular flexibility index (Phi) is 2.52. The minimum atomic E-state index is -0.951. The van der Waals surface area contributed by atoms with Crippen LogP contribution in [0, 0.1) is 0 Å². The summed E-state index contributed by atoms with van der Waals surface area (Å²) < 4.78 is 3.67. The molecule has 1 aromatic carbocycles. The molecule has 7 nitrogen and oxygen atoms in total. The van der Waals surface area contributed by atoms with Gasteiger partial charge in [-0.1, -0.05) is 0 Å². The van der Waals surface area contributed by atoms with E-state index >= 15 is 0 Å². The molecule has 0 amide bonds. The fourth-order valence-corrected chi connectivity index (χ4v) is 1.92. The number of hydrogen-bond donors (Lipinski definition) is 1. The second-order valence-electron chi connectivity index (χ2n) is 4.24. The molecule has 0 radical (unpaired) electrons. The molecule has 0 atom stereocenters. The summed E-state index contributed by atoms with van der Waals surface area (Å²) in [6.07, 6.45) is 3.29. The van der Waals surface area contributed by atoms with Crippen LogP contribution in [0.1, 0.15) is 16.2 Å². The Morgan fingerprint density at radius 2 is 2.21 bits per heavy atom. The normalized spacial score (nSPS) is 11.0. The molecule has 0 aliphatic rings. The van der Waals surface area contributed by atoms with E-state index in [4.69, 9.17) is 5.11 Å². The van der Waals surface area contributed by atoms with Crippen LogP contribution in [-0.4, -0.2) is 35.4 Å². The van der Waals surface area contributed by atoms with E-state index in [2.05, 4.69) is 15.2 Å². The van der Waals surface area contributed by atoms with Gasteiger partial charge in [-0.15, -0.1) is 10.2 Å². The maximum Gasteiger partial charge on any atom is 0.335 e. The zero-order valence-corrected chi connectivity index (χ0v) is 10.2. The molecule has 1 N–H and O–H groups in total. The number of aromatic nitrogens is 5. The van der Waals surface area contributed by atoms with Crippen molar-refractivity contribution in [3.05, 3.63) is 42.2 Å². The van der Waals surface area contributed by atoms with Gasteiger partial charge in [-0.3, -0.25) is 0 Å². The Balaban J connectivity index is 2.06. The fourth-order valence-electron chi connectivity index (χ4n) is 1.92. The number of carboxylic acid groups (broad SMARTS) is 1. The van der Waals surface area contributed by atoms with Crippen LogP contribution in [0.25, 0.3) is 11.0 Å². The average Bonchev–Trinajstić information content (AvgIpc) is 2.97. The maximum absolute atomic E-state index is 11.0. The van der Waals surface area contributed by atoms with Gasteiger partial charge in [0.15, 0.2) is 5.82 Å². The first-order valence-corrected chi connectivity index (χ1v) is 5.66. The van der Waals surface area contributed by atoms with Crippen LogP contribution in [0.3, 0.4) is 0 Å². The number of imidazole rings is 1. The monoisotopic (exact) mass is 257 g/mol. The van der Waals surface area contributed by atoms with Crippen molar-refractivity contribution in [3.8, 4) is 0 Å². The third kappa shape index (κ3) is 1.95. The van der Waals surface area contributed by atoms with Gasteiger partial charge in [0, 0.05) is 7.05 Å². The van der Waals surface area contributed by atoms with Gasteiger partial charge in [-0.25, -0.2) is 9.78 Å². The summed E-state index contributed by atoms with van der Waals surface area (Å²) in [5.74, 6) is -0.173. The molecule has 0 fully saturated rings. The molecule has 19 heavy (non-hydrogen) atoms. The number of nitrogens with zero attached hydrogens (tertiary/aromatic N) is 5. The van der Waals surface area contributed by atoms with Gasteiger partial charge < -0.3 is 14.2 Å². The molecule has 0 saturated carbocycles. The number of benzene rings is 1. The molecule has 3 rings (SSSR count). The first-order valence-electron chi connectivity index (χ1n) is 5.66. The van der Waals surface area contributed by atoms with Gasteiger partial charge in [0.25, 0.3) is 0 Å². The van der Waals surface area contributed by atoms with Crippen LogP contribution >= 0.6 is 0 Å². The third-order valence-corrected chi connectivity index (χ3v) is 2.98. The van der Waals surface area contributed by atoms with Crippen molar-refractivity contribution in [2.24, 2.45) is 7.05 Å². The van der Waals surface area contributed by atoms with Crippen LogP contribution in [0.5, 0.6) is 0 Å². The first kappa shape index (κ1) is 11.4. The number of fused-ring (bicyclic) bond motifs is 1. The molecule has 0 unspecified atom stereocenters. The number of aryl methyl sites for hydroxylation is 1. The Bertz CT molecular complexity index is 758. The van der Waals surface area contributed by atoms with E-state index in [1.807, 2.05) is 16.2 Å². The lowest BCUT2D eigenvalue weighted by Gasteiger charge is -2.04. The van der Waals surface area contributed by atoms with Crippen LogP contribution in [0.15, 0.2) is 30.9 Å². The lowest BCUT2D eigenvalue weighted by molar-refractivity contribution is 0.0697. The number of hydrogen-bond acceptors (Lipinski definition) is 4. The van der Waals surface area contributed by atoms with Gasteiger partial charge in [-0.2, -0.15) is 0 Å². The molecule has 96 valence electrons. The van der Waals surface area contributed by atoms with Crippen molar-refractivity contribution < 1.29 is 9.90 Å². The second-order valence-corrected chi connectivity index (χ2v) is 4.24. The van der Waals surface area contributed by atoms with E-state index in [0.717, 1.165) is 16.9 Å². The molecule has 7 heteroatoms. The predicted octanol–water partition coefficient (Wildman–Crippen LogP) is 0.911. The number of carbonyl (C=O) groups is 1. The molecule has 2 aromatic heterocycles. The van der Waals surface area contributed by atoms with Crippen LogP contribution in [0.2, 0.25) is 0 Å². The van der Waals surface area contributed by atoms with Crippen molar-refractivity contribution in [1.29, 1.82) is 0 Å². The highest BCUT2D eigenvalue weighted by Gasteiger charge is 2.09. The van der Waals surface area contributed by atoms with Gasteiger partial charge in [0.1, 0.15) is 6.33 Å². The lowest BCUT2D eigenvalue weighted by Crippen LogP contribution is -2.05. The minimum Gasteiger partial charge on any atom is -0.478 e. The van der Waals surface area contributed by atoms with Crippen molar-refractivity contribution in [2.75, 3.05) is 0 Å². The van der Waals surface area contributed by atoms with E-state index in [1.54, 1.807) is 30.9 Å². The standard InChI is InChI=1S/C12H11N5O2/c1-16-7-14-15-11(16)5-17-6-13-9-3-2-8(12(18)19)4-10(9)17/h2-4,6-7H,5H2,1H3,(H,18,19). The third-order valence-electron chi connectivity index (χ3n) is 2.98. The SMILES string of the molecule is Cn1cnnc1Cn1cnc2ccc(C(=O)O)cc21. The van der Waals surface area contributed by atoms with E-state index in [1.165, 1.54) is 0 Å². The van der Waals surface area contributed by atoms with E-state index in [0.29, 0.717) is 6.54 Å². The first-order chi connectivity index (χ1) is 9.15. The second kappa shape index (κ2) is 4.20. The Morgan fingerprint density at radius 1 is 1.37 bits per heavy atom. The van der Waals surface area contributed by atoms with E-state index in [-0.39, 0.29) is 5.56 Å². The zero-order valence-electron chi connectivity index (χ0n) is 10.2. The highest BCUT2D eigenvalue weighted by molar-refractivity contribution is 5.92. The highest BCUT2D eigenvalue weighted by Crippen LogP contribution is 2.16. The van der Waals surface area contributed by atoms with Crippen molar-refractivity contribution in [2.45, 2.75) is 6.54 Å². The van der Waals surface area contributed by atoms with Crippen molar-refractivity contribution >= 4 is 17.0 Å². The summed E-state index contributed by atoms with van der Waals surface area (Å²) in [4.78, 5) is 15.2. The average molecular weight is 257 g/mol. The van der Waals surface area contributed by atoms with Crippen LogP contribution in [-0.2, 0) is 13.6 Å². The van der Waals surface area contributed by atoms with E-state index in [9.17, 15) is 4.79 Å². The highest BCUT2D eigenvalue weighted by atomic mass is 16.4. The topological polar surface area (TPSA) is 85.8 Å². The Hall–Kier alpha value is -2.70. The molecular weight excluding hydrogens is 246 g/mol. The number of aromatic carboxylic acids is 1. The largest absolute Gasteiger partial charge is 0.478 e. The zero-order chi connectivity index (χ0) is 13.4. The molecule has 0 spiro atoms. The van der Waals surface area contributed by atoms with Crippen molar-refractivity contribution in [1.82, 2.24) is 24.3 Å². The molecule has 0 bridgehead atoms. The van der Waals surface area contributed by atoms with Crippen LogP contribution in [0.4, 0.5) is 0 Å². The number of carboxylic acids is 1. The summed E-state index contributed by atoms with van der Waals surface area (Å²) in [6, 6.07) is 4.86. The van der Waals surface area contributed by atoms with Crippen LogP contribution < -0.4 is 0 Å². The molecule has 0 saturated heterocycles. The summed E-state index contributed by atoms with van der Waals surface area (Å²) in [5, 5.41) is 16.8. The fraction of sp³-hybridized carbons (Fsp3) is 0.167. The lowest BCUT2D eigenvalue weighted by atomic mass is 10.2. The number of rotatable bonds is 3. The summed E-state index contributed by atoms with van der Waals surface area (Å²) in [5.41, 5.74) is 1.77.